The van der Waals surface area contributed by atoms with Crippen molar-refractivity contribution < 1.29 is 4.39 Å². The molecule has 1 saturated carbocycles. The number of hydrogen-bond acceptors (Lipinski definition) is 2. The lowest BCUT2D eigenvalue weighted by Gasteiger charge is -2.24. The van der Waals surface area contributed by atoms with Gasteiger partial charge in [0.2, 0.25) is 0 Å². The van der Waals surface area contributed by atoms with E-state index in [0.29, 0.717) is 11.6 Å². The number of benzene rings is 1. The third kappa shape index (κ3) is 2.05. The van der Waals surface area contributed by atoms with Crippen molar-refractivity contribution in [2.24, 2.45) is 5.73 Å². The van der Waals surface area contributed by atoms with Crippen molar-refractivity contribution in [1.29, 1.82) is 0 Å². The molecule has 0 saturated heterocycles. The van der Waals surface area contributed by atoms with Crippen LogP contribution < -0.4 is 10.6 Å². The number of rotatable bonds is 3. The highest BCUT2D eigenvalue weighted by Gasteiger charge is 2.28. The number of anilines is 1. The topological polar surface area (TPSA) is 29.3 Å². The molecule has 16 heavy (non-hydrogen) atoms. The summed E-state index contributed by atoms with van der Waals surface area (Å²) in [4.78, 5) is 2.23. The minimum absolute atomic E-state index is 0.133. The van der Waals surface area contributed by atoms with Gasteiger partial charge in [0.15, 0.2) is 0 Å². The van der Waals surface area contributed by atoms with Crippen LogP contribution in [0.2, 0.25) is 0 Å². The molecule has 1 aliphatic rings. The molecule has 2 nitrogen and oxygen atoms in total. The summed E-state index contributed by atoms with van der Waals surface area (Å²) in [7, 11) is 2.07. The number of nitrogens with zero attached hydrogens (tertiary/aromatic N) is 1. The molecule has 2 N–H and O–H groups in total. The lowest BCUT2D eigenvalue weighted by atomic mass is 10.0. The smallest absolute Gasteiger partial charge is 0.126 e. The van der Waals surface area contributed by atoms with E-state index in [1.165, 1.54) is 12.8 Å². The predicted molar refractivity (Wildman–Crippen MR) is 65.2 cm³/mol. The van der Waals surface area contributed by atoms with Gasteiger partial charge < -0.3 is 10.6 Å². The van der Waals surface area contributed by atoms with Crippen molar-refractivity contribution in [1.82, 2.24) is 0 Å². The number of halogens is 1. The third-order valence-electron chi connectivity index (χ3n) is 3.27. The molecule has 1 aromatic carbocycles. The lowest BCUT2D eigenvalue weighted by molar-refractivity contribution is 0.612. The second-order valence-electron chi connectivity index (χ2n) is 4.79. The van der Waals surface area contributed by atoms with E-state index < -0.39 is 0 Å². The van der Waals surface area contributed by atoms with Crippen molar-refractivity contribution >= 4 is 5.69 Å². The molecule has 88 valence electrons. The minimum atomic E-state index is -0.166. The van der Waals surface area contributed by atoms with Crippen LogP contribution in [0.3, 0.4) is 0 Å². The standard InChI is InChI=1S/C13H19FN2/c1-8-6-13(16(3)10-4-5-10)11(9(2)15)7-12(8)14/h6-7,9-10H,4-5,15H2,1-3H3. The molecule has 1 aromatic rings. The van der Waals surface area contributed by atoms with Gasteiger partial charge in [0, 0.05) is 24.8 Å². The Balaban J connectivity index is 2.44. The van der Waals surface area contributed by atoms with Crippen LogP contribution in [0.5, 0.6) is 0 Å². The van der Waals surface area contributed by atoms with E-state index in [4.69, 9.17) is 5.73 Å². The van der Waals surface area contributed by atoms with E-state index in [9.17, 15) is 4.39 Å². The first-order chi connectivity index (χ1) is 7.50. The van der Waals surface area contributed by atoms with Gasteiger partial charge in [-0.05, 0) is 49.9 Å². The fourth-order valence-corrected chi connectivity index (χ4v) is 2.01. The van der Waals surface area contributed by atoms with Gasteiger partial charge in [0.25, 0.3) is 0 Å². The summed E-state index contributed by atoms with van der Waals surface area (Å²) in [5.41, 5.74) is 8.57. The van der Waals surface area contributed by atoms with Crippen molar-refractivity contribution in [2.75, 3.05) is 11.9 Å². The normalized spacial score (nSPS) is 17.3. The molecule has 0 radical (unpaired) electrons. The Morgan fingerprint density at radius 3 is 2.56 bits per heavy atom. The summed E-state index contributed by atoms with van der Waals surface area (Å²) >= 11 is 0. The molecule has 0 spiro atoms. The van der Waals surface area contributed by atoms with Gasteiger partial charge in [0.1, 0.15) is 5.82 Å². The van der Waals surface area contributed by atoms with Crippen LogP contribution in [0.4, 0.5) is 10.1 Å². The molecule has 1 unspecified atom stereocenters. The van der Waals surface area contributed by atoms with Crippen molar-refractivity contribution in [3.63, 3.8) is 0 Å². The molecule has 1 fully saturated rings. The number of hydrogen-bond donors (Lipinski definition) is 1. The Bertz CT molecular complexity index is 397. The summed E-state index contributed by atoms with van der Waals surface area (Å²) in [5.74, 6) is -0.166. The fourth-order valence-electron chi connectivity index (χ4n) is 2.01. The summed E-state index contributed by atoms with van der Waals surface area (Å²) < 4.78 is 13.5. The fraction of sp³-hybridized carbons (Fsp3) is 0.538. The van der Waals surface area contributed by atoms with Gasteiger partial charge in [-0.15, -0.1) is 0 Å². The van der Waals surface area contributed by atoms with Crippen molar-refractivity contribution in [3.05, 3.63) is 29.1 Å². The molecule has 0 bridgehead atoms. The highest BCUT2D eigenvalue weighted by Crippen LogP contribution is 2.35. The first kappa shape index (κ1) is 11.4. The second-order valence-corrected chi connectivity index (χ2v) is 4.79. The number of aryl methyl sites for hydroxylation is 1. The molecule has 0 aliphatic heterocycles. The van der Waals surface area contributed by atoms with Crippen LogP contribution in [0.15, 0.2) is 12.1 Å². The summed E-state index contributed by atoms with van der Waals surface area (Å²) in [6.07, 6.45) is 2.45. The van der Waals surface area contributed by atoms with E-state index in [0.717, 1.165) is 11.3 Å². The molecule has 1 atom stereocenters. The third-order valence-corrected chi connectivity index (χ3v) is 3.27. The highest BCUT2D eigenvalue weighted by atomic mass is 19.1. The largest absolute Gasteiger partial charge is 0.371 e. The predicted octanol–water partition coefficient (Wildman–Crippen LogP) is 2.75. The summed E-state index contributed by atoms with van der Waals surface area (Å²) in [5, 5.41) is 0. The quantitative estimate of drug-likeness (QED) is 0.852. The molecule has 1 aliphatic carbocycles. The first-order valence-electron chi connectivity index (χ1n) is 5.79. The van der Waals surface area contributed by atoms with Gasteiger partial charge in [-0.3, -0.25) is 0 Å². The van der Waals surface area contributed by atoms with Crippen LogP contribution in [0, 0.1) is 12.7 Å². The Kier molecular flexibility index (Phi) is 2.89. The van der Waals surface area contributed by atoms with Gasteiger partial charge in [-0.25, -0.2) is 4.39 Å². The van der Waals surface area contributed by atoms with E-state index in [1.54, 1.807) is 13.0 Å². The summed E-state index contributed by atoms with van der Waals surface area (Å²) in [6.45, 7) is 3.69. The molecular formula is C13H19FN2. The zero-order valence-electron chi connectivity index (χ0n) is 10.1. The summed E-state index contributed by atoms with van der Waals surface area (Å²) in [6, 6.07) is 3.97. The van der Waals surface area contributed by atoms with Crippen LogP contribution in [0.25, 0.3) is 0 Å². The molecule has 0 heterocycles. The first-order valence-corrected chi connectivity index (χ1v) is 5.79. The zero-order chi connectivity index (χ0) is 11.9. The maximum atomic E-state index is 13.5. The van der Waals surface area contributed by atoms with E-state index in [2.05, 4.69) is 11.9 Å². The van der Waals surface area contributed by atoms with Crippen LogP contribution in [0.1, 0.15) is 36.9 Å². The highest BCUT2D eigenvalue weighted by molar-refractivity contribution is 5.58. The van der Waals surface area contributed by atoms with Crippen LogP contribution in [-0.2, 0) is 0 Å². The zero-order valence-corrected chi connectivity index (χ0v) is 10.1. The maximum absolute atomic E-state index is 13.5. The molecule has 0 aromatic heterocycles. The number of nitrogens with two attached hydrogens (primary N) is 1. The van der Waals surface area contributed by atoms with Gasteiger partial charge in [-0.1, -0.05) is 0 Å². The SMILES string of the molecule is Cc1cc(N(C)C2CC2)c(C(C)N)cc1F. The van der Waals surface area contributed by atoms with E-state index >= 15 is 0 Å². The van der Waals surface area contributed by atoms with E-state index in [-0.39, 0.29) is 11.9 Å². The molecule has 3 heteroatoms. The Morgan fingerprint density at radius 1 is 1.44 bits per heavy atom. The second kappa shape index (κ2) is 4.06. The average molecular weight is 222 g/mol. The van der Waals surface area contributed by atoms with Crippen LogP contribution >= 0.6 is 0 Å². The Hall–Kier alpha value is -1.09. The van der Waals surface area contributed by atoms with Gasteiger partial charge >= 0.3 is 0 Å². The molecule has 0 amide bonds. The Morgan fingerprint density at radius 2 is 2.06 bits per heavy atom. The van der Waals surface area contributed by atoms with Crippen molar-refractivity contribution in [2.45, 2.75) is 38.8 Å². The van der Waals surface area contributed by atoms with Gasteiger partial charge in [0.05, 0.1) is 0 Å². The monoisotopic (exact) mass is 222 g/mol. The molecular weight excluding hydrogens is 203 g/mol. The van der Waals surface area contributed by atoms with Gasteiger partial charge in [-0.2, -0.15) is 0 Å². The molecule has 2 rings (SSSR count). The minimum Gasteiger partial charge on any atom is -0.371 e. The van der Waals surface area contributed by atoms with Crippen LogP contribution in [-0.4, -0.2) is 13.1 Å². The maximum Gasteiger partial charge on any atom is 0.126 e. The van der Waals surface area contributed by atoms with Crippen molar-refractivity contribution in [3.8, 4) is 0 Å². The van der Waals surface area contributed by atoms with E-state index in [1.807, 2.05) is 13.0 Å². The Labute approximate surface area is 96.2 Å². The lowest BCUT2D eigenvalue weighted by Crippen LogP contribution is -2.23. The average Bonchev–Trinajstić information content (AvgIpc) is 3.03.